The Bertz CT molecular complexity index is 525. The Kier molecular flexibility index (Phi) is 8.55. The van der Waals surface area contributed by atoms with E-state index in [0.29, 0.717) is 57.1 Å². The molecule has 24 heavy (non-hydrogen) atoms. The third-order valence-electron chi connectivity index (χ3n) is 2.40. The van der Waals surface area contributed by atoms with Crippen LogP contribution in [0.3, 0.4) is 0 Å². The Labute approximate surface area is 139 Å². The van der Waals surface area contributed by atoms with Crippen molar-refractivity contribution < 1.29 is 0 Å². The molecular formula is C11H25N13. The van der Waals surface area contributed by atoms with Crippen molar-refractivity contribution >= 4 is 29.8 Å². The second-order valence-corrected chi connectivity index (χ2v) is 4.44. The van der Waals surface area contributed by atoms with Crippen LogP contribution in [0.25, 0.3) is 0 Å². The SMILES string of the molecule is NCCNc1nc(NCCN)nc(NCCN=C(N)N=C(N)N)n1. The summed E-state index contributed by atoms with van der Waals surface area (Å²) in [6, 6.07) is 0. The quantitative estimate of drug-likeness (QED) is 0.119. The van der Waals surface area contributed by atoms with Crippen molar-refractivity contribution in [3.8, 4) is 0 Å². The van der Waals surface area contributed by atoms with Crippen LogP contribution in [0.4, 0.5) is 17.8 Å². The van der Waals surface area contributed by atoms with Crippen molar-refractivity contribution in [2.45, 2.75) is 0 Å². The molecule has 0 aliphatic rings. The molecule has 13 nitrogen and oxygen atoms in total. The van der Waals surface area contributed by atoms with Gasteiger partial charge in [-0.3, -0.25) is 0 Å². The minimum Gasteiger partial charge on any atom is -0.370 e. The van der Waals surface area contributed by atoms with Crippen LogP contribution in [0, 0.1) is 0 Å². The summed E-state index contributed by atoms with van der Waals surface area (Å²) in [6.45, 7) is 2.76. The number of hydrogen-bond acceptors (Lipinski definition) is 9. The van der Waals surface area contributed by atoms with Crippen LogP contribution in [-0.2, 0) is 0 Å². The average molecular weight is 339 g/mol. The second kappa shape index (κ2) is 10.7. The molecule has 0 atom stereocenters. The topological polar surface area (TPSA) is 230 Å². The van der Waals surface area contributed by atoms with Crippen LogP contribution < -0.4 is 44.6 Å². The van der Waals surface area contributed by atoms with E-state index in [1.807, 2.05) is 0 Å². The van der Waals surface area contributed by atoms with Gasteiger partial charge in [0.15, 0.2) is 5.96 Å². The van der Waals surface area contributed by atoms with Gasteiger partial charge in [-0.1, -0.05) is 0 Å². The van der Waals surface area contributed by atoms with E-state index in [1.54, 1.807) is 0 Å². The predicted octanol–water partition coefficient (Wildman–Crippen LogP) is -3.39. The zero-order valence-electron chi connectivity index (χ0n) is 13.4. The number of guanidine groups is 2. The first-order chi connectivity index (χ1) is 11.5. The molecule has 0 unspecified atom stereocenters. The van der Waals surface area contributed by atoms with Crippen molar-refractivity contribution in [2.24, 2.45) is 38.7 Å². The largest absolute Gasteiger partial charge is 0.370 e. The summed E-state index contributed by atoms with van der Waals surface area (Å²) in [5, 5.41) is 8.99. The van der Waals surface area contributed by atoms with Gasteiger partial charge in [0.25, 0.3) is 0 Å². The van der Waals surface area contributed by atoms with E-state index in [9.17, 15) is 0 Å². The third-order valence-corrected chi connectivity index (χ3v) is 2.40. The Balaban J connectivity index is 2.65. The molecule has 0 saturated heterocycles. The van der Waals surface area contributed by atoms with Crippen molar-refractivity contribution in [2.75, 3.05) is 55.2 Å². The lowest BCUT2D eigenvalue weighted by atomic mass is 10.6. The Morgan fingerprint density at radius 3 is 1.67 bits per heavy atom. The van der Waals surface area contributed by atoms with Gasteiger partial charge in [0.2, 0.25) is 23.8 Å². The summed E-state index contributed by atoms with van der Waals surface area (Å²) >= 11 is 0. The number of rotatable bonds is 10. The van der Waals surface area contributed by atoms with Crippen LogP contribution in [0.5, 0.6) is 0 Å². The first kappa shape index (κ1) is 19.1. The van der Waals surface area contributed by atoms with Crippen LogP contribution in [0.2, 0.25) is 0 Å². The summed E-state index contributed by atoms with van der Waals surface area (Å²) in [5.74, 6) is 1.04. The first-order valence-electron chi connectivity index (χ1n) is 7.32. The fourth-order valence-corrected chi connectivity index (χ4v) is 1.49. The summed E-state index contributed by atoms with van der Waals surface area (Å²) in [7, 11) is 0. The molecule has 0 aromatic carbocycles. The maximum atomic E-state index is 5.50. The molecule has 0 amide bonds. The molecule has 134 valence electrons. The number of hydrogen-bond donors (Lipinski definition) is 8. The molecule has 0 fully saturated rings. The maximum absolute atomic E-state index is 5.50. The van der Waals surface area contributed by atoms with Crippen LogP contribution in [0.15, 0.2) is 9.98 Å². The van der Waals surface area contributed by atoms with Crippen LogP contribution in [-0.4, -0.2) is 66.1 Å². The molecule has 0 aliphatic carbocycles. The van der Waals surface area contributed by atoms with Gasteiger partial charge < -0.3 is 44.6 Å². The Hall–Kier alpha value is -2.93. The lowest BCUT2D eigenvalue weighted by molar-refractivity contribution is 0.928. The first-order valence-corrected chi connectivity index (χ1v) is 7.32. The van der Waals surface area contributed by atoms with Gasteiger partial charge in [0.05, 0.1) is 6.54 Å². The third kappa shape index (κ3) is 7.90. The van der Waals surface area contributed by atoms with E-state index in [4.69, 9.17) is 28.7 Å². The molecule has 0 bridgehead atoms. The average Bonchev–Trinajstić information content (AvgIpc) is 2.54. The normalized spacial score (nSPS) is 11.0. The molecule has 0 spiro atoms. The van der Waals surface area contributed by atoms with Gasteiger partial charge in [-0.2, -0.15) is 19.9 Å². The summed E-state index contributed by atoms with van der Waals surface area (Å²) in [6.07, 6.45) is 0. The Morgan fingerprint density at radius 2 is 1.25 bits per heavy atom. The van der Waals surface area contributed by atoms with Crippen LogP contribution >= 0.6 is 0 Å². The summed E-state index contributed by atoms with van der Waals surface area (Å²) < 4.78 is 0. The molecule has 0 radical (unpaired) electrons. The zero-order valence-corrected chi connectivity index (χ0v) is 13.4. The molecule has 1 heterocycles. The Morgan fingerprint density at radius 1 is 0.792 bits per heavy atom. The molecular weight excluding hydrogens is 314 g/mol. The molecule has 1 aromatic heterocycles. The highest BCUT2D eigenvalue weighted by atomic mass is 15.3. The van der Waals surface area contributed by atoms with Gasteiger partial charge in [-0.15, -0.1) is 0 Å². The lowest BCUT2D eigenvalue weighted by Gasteiger charge is -2.10. The lowest BCUT2D eigenvalue weighted by Crippen LogP contribution is -2.26. The number of nitrogens with zero attached hydrogens (tertiary/aromatic N) is 5. The van der Waals surface area contributed by atoms with Crippen molar-refractivity contribution in [3.63, 3.8) is 0 Å². The van der Waals surface area contributed by atoms with Gasteiger partial charge in [0.1, 0.15) is 0 Å². The van der Waals surface area contributed by atoms with E-state index in [1.165, 1.54) is 0 Å². The van der Waals surface area contributed by atoms with Crippen molar-refractivity contribution in [1.82, 2.24) is 15.0 Å². The number of aromatic nitrogens is 3. The molecule has 1 rings (SSSR count). The summed E-state index contributed by atoms with van der Waals surface area (Å²) in [4.78, 5) is 20.2. The number of nitrogens with two attached hydrogens (primary N) is 5. The molecule has 0 saturated carbocycles. The van der Waals surface area contributed by atoms with Crippen molar-refractivity contribution in [3.05, 3.63) is 0 Å². The minimum atomic E-state index is -0.145. The summed E-state index contributed by atoms with van der Waals surface area (Å²) in [5.41, 5.74) is 26.8. The molecule has 1 aromatic rings. The minimum absolute atomic E-state index is 0.00282. The number of nitrogens with one attached hydrogen (secondary N) is 3. The molecule has 13 heteroatoms. The van der Waals surface area contributed by atoms with Gasteiger partial charge >= 0.3 is 0 Å². The maximum Gasteiger partial charge on any atom is 0.229 e. The van der Waals surface area contributed by atoms with E-state index < -0.39 is 0 Å². The highest BCUT2D eigenvalue weighted by Gasteiger charge is 2.05. The van der Waals surface area contributed by atoms with E-state index in [0.717, 1.165) is 0 Å². The van der Waals surface area contributed by atoms with E-state index in [2.05, 4.69) is 40.9 Å². The molecule has 0 aliphatic heterocycles. The number of anilines is 3. The van der Waals surface area contributed by atoms with Gasteiger partial charge in [-0.25, -0.2) is 4.99 Å². The smallest absolute Gasteiger partial charge is 0.229 e. The van der Waals surface area contributed by atoms with Gasteiger partial charge in [-0.05, 0) is 0 Å². The van der Waals surface area contributed by atoms with E-state index >= 15 is 0 Å². The second-order valence-electron chi connectivity index (χ2n) is 4.44. The fraction of sp³-hybridized carbons (Fsp3) is 0.545. The molecule has 13 N–H and O–H groups in total. The monoisotopic (exact) mass is 339 g/mol. The van der Waals surface area contributed by atoms with Crippen molar-refractivity contribution in [1.29, 1.82) is 0 Å². The highest BCUT2D eigenvalue weighted by molar-refractivity contribution is 5.92. The standard InChI is InChI=1S/C11H25N13/c12-1-3-18-9-22-10(19-4-2-13)24-11(23-9)20-6-5-17-8(16)21-7(14)15/h1-6,12-13H2,(H6,14,15,16,17,21)(H3,18,19,20,22,23,24). The van der Waals surface area contributed by atoms with E-state index in [-0.39, 0.29) is 11.9 Å². The predicted molar refractivity (Wildman–Crippen MR) is 95.7 cm³/mol. The van der Waals surface area contributed by atoms with Crippen LogP contribution in [0.1, 0.15) is 0 Å². The highest BCUT2D eigenvalue weighted by Crippen LogP contribution is 2.08. The number of aliphatic imine (C=N–C) groups is 2. The van der Waals surface area contributed by atoms with Gasteiger partial charge in [0, 0.05) is 32.7 Å². The fourth-order valence-electron chi connectivity index (χ4n) is 1.49. The zero-order chi connectivity index (χ0) is 17.8.